The molecule has 86 valence electrons. The first-order chi connectivity index (χ1) is 7.11. The average molecular weight is 215 g/mol. The van der Waals surface area contributed by atoms with E-state index in [0.717, 1.165) is 0 Å². The highest BCUT2D eigenvalue weighted by Crippen LogP contribution is 2.03. The van der Waals surface area contributed by atoms with Crippen LogP contribution in [0.15, 0.2) is 4.52 Å². The number of ether oxygens (including phenoxy) is 1. The second-order valence-corrected chi connectivity index (χ2v) is 3.66. The van der Waals surface area contributed by atoms with E-state index in [1.807, 2.05) is 19.0 Å². The fourth-order valence-corrected chi connectivity index (χ4v) is 1.17. The normalized spacial score (nSPS) is 13.4. The molecule has 1 rings (SSSR count). The van der Waals surface area contributed by atoms with Crippen LogP contribution >= 0.6 is 0 Å². The molecule has 6 nitrogen and oxygen atoms in total. The summed E-state index contributed by atoms with van der Waals surface area (Å²) in [7, 11) is 5.39. The van der Waals surface area contributed by atoms with Gasteiger partial charge < -0.3 is 19.3 Å². The van der Waals surface area contributed by atoms with E-state index in [4.69, 9.17) is 9.26 Å². The Morgan fingerprint density at radius 2 is 2.27 bits per heavy atom. The van der Waals surface area contributed by atoms with E-state index in [1.165, 1.54) is 7.11 Å². The van der Waals surface area contributed by atoms with Crippen LogP contribution in [0.1, 0.15) is 11.7 Å². The number of hydrogen-bond acceptors (Lipinski definition) is 6. The van der Waals surface area contributed by atoms with Crippen LogP contribution in [0.25, 0.3) is 0 Å². The SMILES string of the molecule is COCC(O)Cc1nc(CN(C)C)no1. The van der Waals surface area contributed by atoms with E-state index in [1.54, 1.807) is 0 Å². The van der Waals surface area contributed by atoms with Gasteiger partial charge in [0.2, 0.25) is 5.89 Å². The van der Waals surface area contributed by atoms with Crippen molar-refractivity contribution >= 4 is 0 Å². The molecule has 1 atom stereocenters. The average Bonchev–Trinajstić information content (AvgIpc) is 2.51. The maximum Gasteiger partial charge on any atom is 0.229 e. The van der Waals surface area contributed by atoms with Gasteiger partial charge in [0.05, 0.1) is 25.7 Å². The van der Waals surface area contributed by atoms with Gasteiger partial charge in [-0.2, -0.15) is 4.98 Å². The third kappa shape index (κ3) is 4.37. The maximum absolute atomic E-state index is 9.43. The summed E-state index contributed by atoms with van der Waals surface area (Å²) in [5, 5.41) is 13.2. The standard InChI is InChI=1S/C9H17N3O3/c1-12(2)5-8-10-9(15-11-8)4-7(13)6-14-3/h7,13H,4-6H2,1-3H3. The molecule has 0 aliphatic carbocycles. The van der Waals surface area contributed by atoms with E-state index < -0.39 is 6.10 Å². The van der Waals surface area contributed by atoms with Crippen molar-refractivity contribution in [1.29, 1.82) is 0 Å². The molecule has 0 saturated heterocycles. The molecule has 15 heavy (non-hydrogen) atoms. The van der Waals surface area contributed by atoms with Crippen LogP contribution in [0.5, 0.6) is 0 Å². The number of rotatable bonds is 6. The van der Waals surface area contributed by atoms with Gasteiger partial charge >= 0.3 is 0 Å². The van der Waals surface area contributed by atoms with E-state index in [-0.39, 0.29) is 6.61 Å². The van der Waals surface area contributed by atoms with Crippen molar-refractivity contribution in [3.63, 3.8) is 0 Å². The van der Waals surface area contributed by atoms with Crippen LogP contribution in [0.4, 0.5) is 0 Å². The third-order valence-electron chi connectivity index (χ3n) is 1.74. The summed E-state index contributed by atoms with van der Waals surface area (Å²) < 4.78 is 9.78. The zero-order chi connectivity index (χ0) is 11.3. The van der Waals surface area contributed by atoms with Crippen molar-refractivity contribution in [1.82, 2.24) is 15.0 Å². The summed E-state index contributed by atoms with van der Waals surface area (Å²) in [6, 6.07) is 0. The summed E-state index contributed by atoms with van der Waals surface area (Å²) in [6.45, 7) is 0.898. The molecule has 0 aromatic carbocycles. The number of methoxy groups -OCH3 is 1. The fraction of sp³-hybridized carbons (Fsp3) is 0.778. The highest BCUT2D eigenvalue weighted by Gasteiger charge is 2.12. The molecule has 1 heterocycles. The number of aliphatic hydroxyl groups is 1. The molecule has 0 aliphatic heterocycles. The lowest BCUT2D eigenvalue weighted by Crippen LogP contribution is -2.17. The molecule has 0 amide bonds. The Labute approximate surface area is 88.8 Å². The van der Waals surface area contributed by atoms with Crippen molar-refractivity contribution in [2.45, 2.75) is 19.1 Å². The first kappa shape index (κ1) is 12.1. The Morgan fingerprint density at radius 1 is 1.53 bits per heavy atom. The Balaban J connectivity index is 2.45. The molecule has 1 unspecified atom stereocenters. The highest BCUT2D eigenvalue weighted by atomic mass is 16.5. The Bertz CT molecular complexity index is 288. The summed E-state index contributed by atoms with van der Waals surface area (Å²) in [4.78, 5) is 6.08. The van der Waals surface area contributed by atoms with Crippen LogP contribution < -0.4 is 0 Å². The zero-order valence-electron chi connectivity index (χ0n) is 9.30. The summed E-state index contributed by atoms with van der Waals surface area (Å²) in [5.74, 6) is 1.07. The largest absolute Gasteiger partial charge is 0.390 e. The molecule has 0 saturated carbocycles. The van der Waals surface area contributed by atoms with E-state index in [0.29, 0.717) is 24.7 Å². The van der Waals surface area contributed by atoms with Crippen molar-refractivity contribution in [3.05, 3.63) is 11.7 Å². The van der Waals surface area contributed by atoms with Gasteiger partial charge in [-0.3, -0.25) is 0 Å². The predicted octanol–water partition coefficient (Wildman–Crippen LogP) is -0.319. The van der Waals surface area contributed by atoms with Gasteiger partial charge in [-0.05, 0) is 14.1 Å². The Hall–Kier alpha value is -0.980. The van der Waals surface area contributed by atoms with Gasteiger partial charge in [-0.25, -0.2) is 0 Å². The number of aromatic nitrogens is 2. The van der Waals surface area contributed by atoms with Crippen molar-refractivity contribution < 1.29 is 14.4 Å². The van der Waals surface area contributed by atoms with Crippen LogP contribution in [0.3, 0.4) is 0 Å². The topological polar surface area (TPSA) is 71.6 Å². The van der Waals surface area contributed by atoms with E-state index in [2.05, 4.69) is 10.1 Å². The molecular weight excluding hydrogens is 198 g/mol. The van der Waals surface area contributed by atoms with Crippen molar-refractivity contribution in [2.75, 3.05) is 27.8 Å². The second-order valence-electron chi connectivity index (χ2n) is 3.66. The van der Waals surface area contributed by atoms with Gasteiger partial charge in [-0.15, -0.1) is 0 Å². The number of nitrogens with zero attached hydrogens (tertiary/aromatic N) is 3. The molecule has 6 heteroatoms. The summed E-state index contributed by atoms with van der Waals surface area (Å²) in [6.07, 6.45) is -0.267. The summed E-state index contributed by atoms with van der Waals surface area (Å²) in [5.41, 5.74) is 0. The van der Waals surface area contributed by atoms with Gasteiger partial charge in [-0.1, -0.05) is 5.16 Å². The zero-order valence-corrected chi connectivity index (χ0v) is 9.30. The minimum Gasteiger partial charge on any atom is -0.390 e. The number of hydrogen-bond donors (Lipinski definition) is 1. The molecule has 0 spiro atoms. The minimum absolute atomic E-state index is 0.269. The highest BCUT2D eigenvalue weighted by molar-refractivity contribution is 4.87. The second kappa shape index (κ2) is 5.79. The molecule has 0 aliphatic rings. The molecule has 1 aromatic rings. The number of aliphatic hydroxyl groups excluding tert-OH is 1. The molecule has 1 N–H and O–H groups in total. The molecule has 0 radical (unpaired) electrons. The van der Waals surface area contributed by atoms with Gasteiger partial charge in [0.25, 0.3) is 0 Å². The quantitative estimate of drug-likeness (QED) is 0.701. The predicted molar refractivity (Wildman–Crippen MR) is 53.3 cm³/mol. The Morgan fingerprint density at radius 3 is 2.87 bits per heavy atom. The van der Waals surface area contributed by atoms with Crippen molar-refractivity contribution in [3.8, 4) is 0 Å². The van der Waals surface area contributed by atoms with Crippen LogP contribution in [0.2, 0.25) is 0 Å². The molecular formula is C9H17N3O3. The van der Waals surface area contributed by atoms with E-state index in [9.17, 15) is 5.11 Å². The van der Waals surface area contributed by atoms with Crippen LogP contribution in [-0.4, -0.2) is 54.1 Å². The molecule has 0 fully saturated rings. The third-order valence-corrected chi connectivity index (χ3v) is 1.74. The first-order valence-electron chi connectivity index (χ1n) is 4.75. The van der Waals surface area contributed by atoms with Gasteiger partial charge in [0, 0.05) is 7.11 Å². The molecule has 0 bridgehead atoms. The Kier molecular flexibility index (Phi) is 4.67. The maximum atomic E-state index is 9.43. The lowest BCUT2D eigenvalue weighted by atomic mass is 10.3. The van der Waals surface area contributed by atoms with Crippen LogP contribution in [-0.2, 0) is 17.7 Å². The minimum atomic E-state index is -0.595. The lowest BCUT2D eigenvalue weighted by molar-refractivity contribution is 0.0599. The monoisotopic (exact) mass is 215 g/mol. The molecule has 1 aromatic heterocycles. The van der Waals surface area contributed by atoms with E-state index >= 15 is 0 Å². The lowest BCUT2D eigenvalue weighted by Gasteiger charge is -2.05. The van der Waals surface area contributed by atoms with Gasteiger partial charge in [0.1, 0.15) is 0 Å². The smallest absolute Gasteiger partial charge is 0.229 e. The first-order valence-corrected chi connectivity index (χ1v) is 4.75. The van der Waals surface area contributed by atoms with Gasteiger partial charge in [0.15, 0.2) is 5.82 Å². The van der Waals surface area contributed by atoms with Crippen molar-refractivity contribution in [2.24, 2.45) is 0 Å². The fourth-order valence-electron chi connectivity index (χ4n) is 1.17. The summed E-state index contributed by atoms with van der Waals surface area (Å²) >= 11 is 0. The van der Waals surface area contributed by atoms with Crippen LogP contribution in [0, 0.1) is 0 Å².